The highest BCUT2D eigenvalue weighted by Crippen LogP contribution is 2.32. The minimum atomic E-state index is -0.348. The molecule has 2 aromatic rings. The highest BCUT2D eigenvalue weighted by molar-refractivity contribution is 6.30. The van der Waals surface area contributed by atoms with Crippen LogP contribution in [0.15, 0.2) is 42.5 Å². The zero-order valence-electron chi connectivity index (χ0n) is 9.18. The maximum atomic E-state index is 11.1. The van der Waals surface area contributed by atoms with Gasteiger partial charge in [-0.1, -0.05) is 35.9 Å². The Kier molecular flexibility index (Phi) is 3.11. The average Bonchev–Trinajstić information content (AvgIpc) is 2.29. The molecule has 2 aromatic carbocycles. The summed E-state index contributed by atoms with van der Waals surface area (Å²) in [7, 11) is 0. The number of hydrogen-bond acceptors (Lipinski definition) is 2. The molecule has 0 fully saturated rings. The van der Waals surface area contributed by atoms with Crippen LogP contribution in [0.3, 0.4) is 0 Å². The zero-order chi connectivity index (χ0) is 12.4. The predicted octanol–water partition coefficient (Wildman–Crippen LogP) is 4.22. The second-order valence-electron chi connectivity index (χ2n) is 3.74. The van der Waals surface area contributed by atoms with E-state index in [-0.39, 0.29) is 10.6 Å². The van der Waals surface area contributed by atoms with Gasteiger partial charge in [0.25, 0.3) is 5.69 Å². The lowest BCUT2D eigenvalue weighted by Gasteiger charge is -2.05. The van der Waals surface area contributed by atoms with Crippen LogP contribution < -0.4 is 0 Å². The first-order valence-electron chi connectivity index (χ1n) is 5.09. The van der Waals surface area contributed by atoms with Crippen LogP contribution in [0, 0.1) is 17.0 Å². The van der Waals surface area contributed by atoms with Crippen LogP contribution in [-0.2, 0) is 0 Å². The quantitative estimate of drug-likeness (QED) is 0.589. The van der Waals surface area contributed by atoms with Crippen molar-refractivity contribution in [3.63, 3.8) is 0 Å². The fraction of sp³-hybridized carbons (Fsp3) is 0.0769. The number of nitro benzene ring substituents is 1. The summed E-state index contributed by atoms with van der Waals surface area (Å²) in [4.78, 5) is 10.7. The van der Waals surface area contributed by atoms with Gasteiger partial charge in [0.2, 0.25) is 0 Å². The molecule has 0 bridgehead atoms. The van der Waals surface area contributed by atoms with Gasteiger partial charge in [0, 0.05) is 10.6 Å². The number of nitro groups is 1. The molecule has 0 spiro atoms. The van der Waals surface area contributed by atoms with Crippen molar-refractivity contribution in [2.24, 2.45) is 0 Å². The third-order valence-corrected chi connectivity index (χ3v) is 2.83. The molecule has 3 nitrogen and oxygen atoms in total. The molecule has 0 atom stereocenters. The molecule has 0 amide bonds. The average molecular weight is 248 g/mol. The molecule has 0 aliphatic heterocycles. The van der Waals surface area contributed by atoms with E-state index >= 15 is 0 Å². The Hall–Kier alpha value is -1.87. The van der Waals surface area contributed by atoms with E-state index in [2.05, 4.69) is 0 Å². The lowest BCUT2D eigenvalue weighted by Crippen LogP contribution is -1.94. The Labute approximate surface area is 104 Å². The van der Waals surface area contributed by atoms with Gasteiger partial charge in [0.15, 0.2) is 0 Å². The van der Waals surface area contributed by atoms with Crippen molar-refractivity contribution in [3.8, 4) is 11.1 Å². The largest absolute Gasteiger partial charge is 0.280 e. The highest BCUT2D eigenvalue weighted by atomic mass is 35.5. The minimum absolute atomic E-state index is 0.148. The second kappa shape index (κ2) is 4.55. The summed E-state index contributed by atoms with van der Waals surface area (Å²) < 4.78 is 0. The van der Waals surface area contributed by atoms with E-state index in [1.54, 1.807) is 43.3 Å². The molecule has 0 aliphatic rings. The molecule has 0 saturated carbocycles. The highest BCUT2D eigenvalue weighted by Gasteiger charge is 2.17. The third kappa shape index (κ3) is 2.29. The van der Waals surface area contributed by atoms with E-state index in [1.165, 1.54) is 0 Å². The van der Waals surface area contributed by atoms with Crippen molar-refractivity contribution in [3.05, 3.63) is 63.2 Å². The molecule has 0 N–H and O–H groups in total. The lowest BCUT2D eigenvalue weighted by atomic mass is 10.0. The van der Waals surface area contributed by atoms with Crippen molar-refractivity contribution in [2.75, 3.05) is 0 Å². The Bertz CT molecular complexity index is 564. The van der Waals surface area contributed by atoms with Gasteiger partial charge in [-0.25, -0.2) is 0 Å². The Morgan fingerprint density at radius 1 is 1.12 bits per heavy atom. The number of rotatable bonds is 2. The molecule has 0 radical (unpaired) electrons. The molecule has 0 aromatic heterocycles. The standard InChI is InChI=1S/C13H10ClNO2/c1-9-3-2-4-12(13(9)15(16)17)10-5-7-11(14)8-6-10/h2-8H,1H3. The van der Waals surface area contributed by atoms with Crippen LogP contribution in [0.5, 0.6) is 0 Å². The monoisotopic (exact) mass is 247 g/mol. The van der Waals surface area contributed by atoms with E-state index in [0.717, 1.165) is 5.56 Å². The molecule has 86 valence electrons. The second-order valence-corrected chi connectivity index (χ2v) is 4.17. The number of aryl methyl sites for hydroxylation is 1. The van der Waals surface area contributed by atoms with Crippen LogP contribution in [0.4, 0.5) is 5.69 Å². The van der Waals surface area contributed by atoms with E-state index < -0.39 is 0 Å². The van der Waals surface area contributed by atoms with Gasteiger partial charge in [-0.2, -0.15) is 0 Å². The van der Waals surface area contributed by atoms with E-state index in [0.29, 0.717) is 16.1 Å². The normalized spacial score (nSPS) is 10.2. The molecular weight excluding hydrogens is 238 g/mol. The van der Waals surface area contributed by atoms with Crippen LogP contribution in [0.25, 0.3) is 11.1 Å². The van der Waals surface area contributed by atoms with E-state index in [4.69, 9.17) is 11.6 Å². The summed E-state index contributed by atoms with van der Waals surface area (Å²) in [6.07, 6.45) is 0. The molecule has 0 saturated heterocycles. The van der Waals surface area contributed by atoms with Crippen molar-refractivity contribution < 1.29 is 4.92 Å². The summed E-state index contributed by atoms with van der Waals surface area (Å²) in [5.41, 5.74) is 2.22. The fourth-order valence-corrected chi connectivity index (χ4v) is 1.89. The first-order chi connectivity index (χ1) is 8.09. The molecule has 2 rings (SSSR count). The Morgan fingerprint density at radius 3 is 2.35 bits per heavy atom. The van der Waals surface area contributed by atoms with Crippen molar-refractivity contribution in [1.29, 1.82) is 0 Å². The first kappa shape index (κ1) is 11.6. The minimum Gasteiger partial charge on any atom is -0.258 e. The van der Waals surface area contributed by atoms with Gasteiger partial charge >= 0.3 is 0 Å². The number of hydrogen-bond donors (Lipinski definition) is 0. The summed E-state index contributed by atoms with van der Waals surface area (Å²) in [5, 5.41) is 11.7. The Morgan fingerprint density at radius 2 is 1.76 bits per heavy atom. The summed E-state index contributed by atoms with van der Waals surface area (Å²) in [6.45, 7) is 1.73. The fourth-order valence-electron chi connectivity index (χ4n) is 1.76. The van der Waals surface area contributed by atoms with Gasteiger partial charge in [0.05, 0.1) is 10.5 Å². The maximum absolute atomic E-state index is 11.1. The molecule has 0 heterocycles. The SMILES string of the molecule is Cc1cccc(-c2ccc(Cl)cc2)c1[N+](=O)[O-]. The number of para-hydroxylation sites is 1. The molecule has 17 heavy (non-hydrogen) atoms. The lowest BCUT2D eigenvalue weighted by molar-refractivity contribution is -0.384. The summed E-state index contributed by atoms with van der Waals surface area (Å²) >= 11 is 5.80. The number of benzene rings is 2. The maximum Gasteiger partial charge on any atom is 0.280 e. The van der Waals surface area contributed by atoms with Gasteiger partial charge in [-0.15, -0.1) is 0 Å². The molecule has 0 unspecified atom stereocenters. The van der Waals surface area contributed by atoms with Gasteiger partial charge in [-0.3, -0.25) is 10.1 Å². The van der Waals surface area contributed by atoms with Gasteiger partial charge in [0.1, 0.15) is 0 Å². The van der Waals surface area contributed by atoms with E-state index in [1.807, 2.05) is 6.07 Å². The van der Waals surface area contributed by atoms with Crippen molar-refractivity contribution >= 4 is 17.3 Å². The van der Waals surface area contributed by atoms with E-state index in [9.17, 15) is 10.1 Å². The number of halogens is 1. The summed E-state index contributed by atoms with van der Waals surface area (Å²) in [6, 6.07) is 12.3. The van der Waals surface area contributed by atoms with Crippen LogP contribution in [0.1, 0.15) is 5.56 Å². The van der Waals surface area contributed by atoms with Crippen molar-refractivity contribution in [1.82, 2.24) is 0 Å². The third-order valence-electron chi connectivity index (χ3n) is 2.58. The summed E-state index contributed by atoms with van der Waals surface area (Å²) in [5.74, 6) is 0. The van der Waals surface area contributed by atoms with Crippen LogP contribution in [-0.4, -0.2) is 4.92 Å². The van der Waals surface area contributed by atoms with Gasteiger partial charge in [-0.05, 0) is 30.7 Å². The molecular formula is C13H10ClNO2. The smallest absolute Gasteiger partial charge is 0.258 e. The number of nitrogens with zero attached hydrogens (tertiary/aromatic N) is 1. The van der Waals surface area contributed by atoms with Gasteiger partial charge < -0.3 is 0 Å². The topological polar surface area (TPSA) is 43.1 Å². The predicted molar refractivity (Wildman–Crippen MR) is 68.3 cm³/mol. The molecule has 0 aliphatic carbocycles. The van der Waals surface area contributed by atoms with Crippen molar-refractivity contribution in [2.45, 2.75) is 6.92 Å². The Balaban J connectivity index is 2.63. The van der Waals surface area contributed by atoms with Crippen LogP contribution >= 0.6 is 11.6 Å². The first-order valence-corrected chi connectivity index (χ1v) is 5.47. The zero-order valence-corrected chi connectivity index (χ0v) is 9.94. The molecule has 4 heteroatoms. The van der Waals surface area contributed by atoms with Crippen LogP contribution in [0.2, 0.25) is 5.02 Å².